The lowest BCUT2D eigenvalue weighted by Crippen LogP contribution is -2.57. The van der Waals surface area contributed by atoms with Crippen LogP contribution in [0.25, 0.3) is 11.1 Å². The molecule has 0 N–H and O–H groups in total. The highest BCUT2D eigenvalue weighted by atomic mass is 79.9. The molecule has 0 saturated heterocycles. The normalized spacial score (nSPS) is 15.5. The van der Waals surface area contributed by atoms with Crippen LogP contribution in [0.5, 0.6) is 5.75 Å². The van der Waals surface area contributed by atoms with Gasteiger partial charge < -0.3 is 14.2 Å². The summed E-state index contributed by atoms with van der Waals surface area (Å²) in [7, 11) is 0. The Morgan fingerprint density at radius 3 is 2.10 bits per heavy atom. The van der Waals surface area contributed by atoms with Gasteiger partial charge in [0.1, 0.15) is 5.75 Å². The zero-order chi connectivity index (χ0) is 22.4. The molecule has 2 atom stereocenters. The van der Waals surface area contributed by atoms with Gasteiger partial charge >= 0.3 is 0 Å². The zero-order valence-electron chi connectivity index (χ0n) is 15.8. The maximum Gasteiger partial charge on any atom is 0.298 e. The fourth-order valence-corrected chi connectivity index (χ4v) is 5.44. The molecule has 0 amide bonds. The first-order chi connectivity index (χ1) is 14.1. The van der Waals surface area contributed by atoms with Gasteiger partial charge in [-0.25, -0.2) is 0 Å². The first kappa shape index (κ1) is 27.8. The lowest BCUT2D eigenvalue weighted by molar-refractivity contribution is -0.122. The van der Waals surface area contributed by atoms with Crippen LogP contribution < -0.4 is 4.74 Å². The molecule has 30 heavy (non-hydrogen) atoms. The van der Waals surface area contributed by atoms with E-state index in [4.69, 9.17) is 14.2 Å². The quantitative estimate of drug-likeness (QED) is 0.167. The number of halogens is 7. The molecule has 0 bridgehead atoms. The van der Waals surface area contributed by atoms with Gasteiger partial charge in [0.2, 0.25) is 6.65 Å². The minimum absolute atomic E-state index is 0.0802. The van der Waals surface area contributed by atoms with Crippen LogP contribution in [-0.2, 0) is 9.47 Å². The van der Waals surface area contributed by atoms with Crippen molar-refractivity contribution in [3.63, 3.8) is 0 Å². The van der Waals surface area contributed by atoms with Crippen LogP contribution in [0.1, 0.15) is 6.92 Å². The fraction of sp³-hybridized carbons (Fsp3) is 0.400. The summed E-state index contributed by atoms with van der Waals surface area (Å²) in [5.41, 5.74) is 2.13. The number of rotatable bonds is 11. The molecule has 0 radical (unpaired) electrons. The van der Waals surface area contributed by atoms with Crippen LogP contribution in [0.2, 0.25) is 0 Å². The predicted octanol–water partition coefficient (Wildman–Crippen LogP) is 8.92. The molecular weight excluding hydrogens is 848 g/mol. The molecule has 2 aromatic rings. The summed E-state index contributed by atoms with van der Waals surface area (Å²) in [5, 5.41) is 0.719. The highest BCUT2D eigenvalue weighted by Gasteiger charge is 2.63. The van der Waals surface area contributed by atoms with Gasteiger partial charge in [-0.05, 0) is 78.0 Å². The first-order valence-corrected chi connectivity index (χ1v) is 14.8. The van der Waals surface area contributed by atoms with Gasteiger partial charge in [-0.3, -0.25) is 0 Å². The maximum atomic E-state index is 6.38. The minimum Gasteiger partial charge on any atom is -0.450 e. The number of alkyl halides is 7. The van der Waals surface area contributed by atoms with E-state index >= 15 is 0 Å². The van der Waals surface area contributed by atoms with E-state index in [0.29, 0.717) is 19.0 Å². The topological polar surface area (TPSA) is 27.7 Å². The molecular formula is C20H19Br7O3. The maximum absolute atomic E-state index is 6.38. The van der Waals surface area contributed by atoms with Crippen molar-refractivity contribution in [2.24, 2.45) is 0 Å². The standard InChI is InChI=1S/C20H19Br7O3/c1-2-28-19(25,26)18(23,24)20(27,29-13-16(22)12-21)30-17-10-6-9-15(11-17)14-7-4-3-5-8-14/h3-11,16H,2,12-13H2,1H3. The third-order valence-corrected chi connectivity index (χ3v) is 14.1. The van der Waals surface area contributed by atoms with E-state index in [1.54, 1.807) is 0 Å². The molecule has 0 saturated carbocycles. The predicted molar refractivity (Wildman–Crippen MR) is 149 cm³/mol. The van der Waals surface area contributed by atoms with E-state index < -0.39 is 11.3 Å². The number of benzene rings is 2. The van der Waals surface area contributed by atoms with Gasteiger partial charge in [-0.2, -0.15) is 0 Å². The van der Waals surface area contributed by atoms with Crippen molar-refractivity contribution in [2.45, 2.75) is 23.1 Å². The minimum atomic E-state index is -1.37. The second-order valence-electron chi connectivity index (χ2n) is 6.12. The molecule has 0 heterocycles. The lowest BCUT2D eigenvalue weighted by atomic mass is 10.1. The van der Waals surface area contributed by atoms with Crippen molar-refractivity contribution in [1.82, 2.24) is 0 Å². The highest BCUT2D eigenvalue weighted by molar-refractivity contribution is 9.30. The molecule has 0 aliphatic rings. The number of hydrogen-bond acceptors (Lipinski definition) is 3. The Hall–Kier alpha value is 1.52. The Kier molecular flexibility index (Phi) is 11.4. The SMILES string of the molecule is CCOC(Br)(Br)C(Br)(Br)C(Br)(OCC(Br)CBr)Oc1cccc(-c2ccccc2)c1. The zero-order valence-corrected chi connectivity index (χ0v) is 26.9. The van der Waals surface area contributed by atoms with Gasteiger partial charge in [0.25, 0.3) is 4.70 Å². The van der Waals surface area contributed by atoms with Crippen molar-refractivity contribution in [1.29, 1.82) is 0 Å². The highest BCUT2D eigenvalue weighted by Crippen LogP contribution is 2.58. The van der Waals surface area contributed by atoms with Gasteiger partial charge in [-0.1, -0.05) is 106 Å². The Bertz CT molecular complexity index is 804. The number of ether oxygens (including phenoxy) is 3. The summed E-state index contributed by atoms with van der Waals surface area (Å²) < 4.78 is 14.9. The van der Waals surface area contributed by atoms with Crippen LogP contribution >= 0.6 is 112 Å². The van der Waals surface area contributed by atoms with E-state index in [1.165, 1.54) is 0 Å². The summed E-state index contributed by atoms with van der Waals surface area (Å²) >= 11 is 25.2. The summed E-state index contributed by atoms with van der Waals surface area (Å²) in [5.74, 6) is 0.619. The van der Waals surface area contributed by atoms with E-state index in [0.717, 1.165) is 16.5 Å². The Balaban J connectivity index is 2.40. The Labute approximate surface area is 236 Å². The van der Waals surface area contributed by atoms with Gasteiger partial charge in [-0.15, -0.1) is 0 Å². The lowest BCUT2D eigenvalue weighted by Gasteiger charge is -2.44. The van der Waals surface area contributed by atoms with Crippen LogP contribution in [0.15, 0.2) is 54.6 Å². The molecule has 0 aliphatic carbocycles. The van der Waals surface area contributed by atoms with Crippen molar-refractivity contribution in [3.8, 4) is 16.9 Å². The number of hydrogen-bond donors (Lipinski definition) is 0. The van der Waals surface area contributed by atoms with Gasteiger partial charge in [0.05, 0.1) is 6.61 Å². The second-order valence-corrected chi connectivity index (χ2v) is 15.8. The Morgan fingerprint density at radius 1 is 0.867 bits per heavy atom. The molecule has 2 rings (SSSR count). The molecule has 166 valence electrons. The van der Waals surface area contributed by atoms with E-state index in [1.807, 2.05) is 49.4 Å². The largest absolute Gasteiger partial charge is 0.450 e. The molecule has 0 fully saturated rings. The Morgan fingerprint density at radius 2 is 1.50 bits per heavy atom. The van der Waals surface area contributed by atoms with E-state index in [-0.39, 0.29) is 4.83 Å². The molecule has 0 aromatic heterocycles. The molecule has 0 aliphatic heterocycles. The fourth-order valence-electron chi connectivity index (χ4n) is 2.39. The van der Waals surface area contributed by atoms with Crippen molar-refractivity contribution in [3.05, 3.63) is 54.6 Å². The summed E-state index contributed by atoms with van der Waals surface area (Å²) in [4.78, 5) is 0.0802. The summed E-state index contributed by atoms with van der Waals surface area (Å²) in [6.45, 7) is 2.70. The average molecular weight is 867 g/mol. The van der Waals surface area contributed by atoms with Crippen LogP contribution in [0, 0.1) is 0 Å². The van der Waals surface area contributed by atoms with Crippen LogP contribution in [0.3, 0.4) is 0 Å². The molecule has 3 nitrogen and oxygen atoms in total. The van der Waals surface area contributed by atoms with Crippen molar-refractivity contribution in [2.75, 3.05) is 18.5 Å². The molecule has 2 aromatic carbocycles. The van der Waals surface area contributed by atoms with Gasteiger partial charge in [0, 0.05) is 16.8 Å². The molecule has 2 unspecified atom stereocenters. The van der Waals surface area contributed by atoms with Crippen molar-refractivity contribution >= 4 is 112 Å². The van der Waals surface area contributed by atoms with Crippen molar-refractivity contribution < 1.29 is 14.2 Å². The second kappa shape index (κ2) is 12.3. The molecule has 0 spiro atoms. The first-order valence-electron chi connectivity index (χ1n) is 8.83. The monoisotopic (exact) mass is 860 g/mol. The van der Waals surface area contributed by atoms with Crippen LogP contribution in [0.4, 0.5) is 0 Å². The third kappa shape index (κ3) is 7.01. The average Bonchev–Trinajstić information content (AvgIpc) is 2.72. The summed E-state index contributed by atoms with van der Waals surface area (Å²) in [6, 6.07) is 17.9. The van der Waals surface area contributed by atoms with E-state index in [9.17, 15) is 0 Å². The third-order valence-electron chi connectivity index (χ3n) is 3.87. The smallest absolute Gasteiger partial charge is 0.298 e. The van der Waals surface area contributed by atoms with E-state index in [2.05, 4.69) is 124 Å². The summed E-state index contributed by atoms with van der Waals surface area (Å²) in [6.07, 6.45) is 0. The molecule has 10 heteroatoms. The van der Waals surface area contributed by atoms with Crippen LogP contribution in [-0.4, -0.2) is 34.7 Å². The van der Waals surface area contributed by atoms with Gasteiger partial charge in [0.15, 0.2) is 0 Å².